The van der Waals surface area contributed by atoms with Gasteiger partial charge in [-0.25, -0.2) is 4.79 Å². The summed E-state index contributed by atoms with van der Waals surface area (Å²) in [7, 11) is 3.13. The highest BCUT2D eigenvalue weighted by atomic mass is 32.2. The Balaban J connectivity index is 2.28. The fourth-order valence-corrected chi connectivity index (χ4v) is 2.56. The fourth-order valence-electron chi connectivity index (χ4n) is 1.99. The second-order valence-electron chi connectivity index (χ2n) is 4.47. The highest BCUT2D eigenvalue weighted by molar-refractivity contribution is 7.98. The number of hydrogen-bond acceptors (Lipinski definition) is 4. The summed E-state index contributed by atoms with van der Waals surface area (Å²) in [6.07, 6.45) is 3.59. The van der Waals surface area contributed by atoms with E-state index in [-0.39, 0.29) is 11.2 Å². The van der Waals surface area contributed by atoms with Crippen LogP contribution in [0.25, 0.3) is 0 Å². The van der Waals surface area contributed by atoms with Crippen LogP contribution in [0.5, 0.6) is 0 Å². The first-order chi connectivity index (χ1) is 9.54. The van der Waals surface area contributed by atoms with E-state index in [1.54, 1.807) is 25.0 Å². The van der Waals surface area contributed by atoms with Crippen LogP contribution in [0.4, 0.5) is 5.69 Å². The molecule has 0 unspecified atom stereocenters. The van der Waals surface area contributed by atoms with Crippen molar-refractivity contribution in [1.82, 2.24) is 9.13 Å². The van der Waals surface area contributed by atoms with Crippen molar-refractivity contribution >= 4 is 17.4 Å². The van der Waals surface area contributed by atoms with Gasteiger partial charge >= 0.3 is 5.69 Å². The van der Waals surface area contributed by atoms with Crippen molar-refractivity contribution in [3.8, 4) is 0 Å². The Labute approximate surface area is 121 Å². The number of anilines is 1. The Hall–Kier alpha value is -1.95. The predicted molar refractivity (Wildman–Crippen MR) is 82.5 cm³/mol. The minimum Gasteiger partial charge on any atom is -0.380 e. The Kier molecular flexibility index (Phi) is 4.34. The van der Waals surface area contributed by atoms with Gasteiger partial charge < -0.3 is 9.88 Å². The molecule has 1 aromatic carbocycles. The number of aryl methyl sites for hydroxylation is 1. The molecule has 0 atom stereocenters. The van der Waals surface area contributed by atoms with Crippen LogP contribution in [0.1, 0.15) is 5.56 Å². The molecule has 0 bridgehead atoms. The lowest BCUT2D eigenvalue weighted by molar-refractivity contribution is 0.671. The van der Waals surface area contributed by atoms with Crippen molar-refractivity contribution in [2.24, 2.45) is 14.1 Å². The van der Waals surface area contributed by atoms with Crippen LogP contribution in [-0.4, -0.2) is 15.4 Å². The largest absolute Gasteiger partial charge is 0.380 e. The number of nitrogens with zero attached hydrogens (tertiary/aromatic N) is 2. The number of thioether (sulfide) groups is 1. The van der Waals surface area contributed by atoms with Gasteiger partial charge in [0.15, 0.2) is 0 Å². The summed E-state index contributed by atoms with van der Waals surface area (Å²) in [6, 6.07) is 7.91. The van der Waals surface area contributed by atoms with Gasteiger partial charge in [-0.3, -0.25) is 9.36 Å². The van der Waals surface area contributed by atoms with Crippen molar-refractivity contribution in [3.05, 3.63) is 56.9 Å². The first-order valence-corrected chi connectivity index (χ1v) is 7.39. The lowest BCUT2D eigenvalue weighted by Gasteiger charge is -2.11. The Morgan fingerprint density at radius 2 is 1.90 bits per heavy atom. The minimum atomic E-state index is -0.316. The van der Waals surface area contributed by atoms with Crippen LogP contribution in [0, 0.1) is 0 Å². The molecule has 2 aromatic rings. The number of benzene rings is 1. The maximum Gasteiger partial charge on any atom is 0.330 e. The molecule has 0 saturated heterocycles. The molecule has 20 heavy (non-hydrogen) atoms. The molecular formula is C14H17N3O2S. The van der Waals surface area contributed by atoms with Gasteiger partial charge in [0, 0.05) is 37.4 Å². The average molecular weight is 291 g/mol. The molecule has 6 heteroatoms. The zero-order chi connectivity index (χ0) is 14.7. The number of rotatable bonds is 4. The van der Waals surface area contributed by atoms with Crippen LogP contribution in [-0.2, 0) is 20.6 Å². The second-order valence-corrected chi connectivity index (χ2v) is 5.31. The van der Waals surface area contributed by atoms with Gasteiger partial charge in [-0.05, 0) is 18.4 Å². The minimum absolute atomic E-state index is 0.262. The number of hydrogen-bond donors (Lipinski definition) is 1. The molecule has 0 saturated carbocycles. The summed E-state index contributed by atoms with van der Waals surface area (Å²) in [4.78, 5) is 24.8. The quantitative estimate of drug-likeness (QED) is 0.866. The molecule has 0 amide bonds. The van der Waals surface area contributed by atoms with Crippen molar-refractivity contribution in [2.45, 2.75) is 11.4 Å². The van der Waals surface area contributed by atoms with Gasteiger partial charge in [0.25, 0.3) is 5.56 Å². The maximum absolute atomic E-state index is 12.0. The van der Waals surface area contributed by atoms with Gasteiger partial charge in [0.05, 0.1) is 5.56 Å². The molecule has 0 aliphatic heterocycles. The van der Waals surface area contributed by atoms with Gasteiger partial charge in [-0.1, -0.05) is 12.1 Å². The molecule has 0 aliphatic carbocycles. The van der Waals surface area contributed by atoms with Crippen molar-refractivity contribution in [2.75, 3.05) is 11.6 Å². The zero-order valence-electron chi connectivity index (χ0n) is 11.7. The molecule has 0 aliphatic rings. The van der Waals surface area contributed by atoms with Gasteiger partial charge in [-0.15, -0.1) is 11.8 Å². The fraction of sp³-hybridized carbons (Fsp3) is 0.286. The summed E-state index contributed by atoms with van der Waals surface area (Å²) in [5.41, 5.74) is 0.965. The van der Waals surface area contributed by atoms with E-state index in [2.05, 4.69) is 5.32 Å². The van der Waals surface area contributed by atoms with E-state index in [1.807, 2.05) is 30.5 Å². The lowest BCUT2D eigenvalue weighted by atomic mass is 10.3. The molecular weight excluding hydrogens is 274 g/mol. The molecule has 1 heterocycles. The molecule has 2 rings (SSSR count). The lowest BCUT2D eigenvalue weighted by Crippen LogP contribution is -2.38. The van der Waals surface area contributed by atoms with E-state index in [9.17, 15) is 9.59 Å². The normalized spacial score (nSPS) is 10.6. The maximum atomic E-state index is 12.0. The van der Waals surface area contributed by atoms with Crippen molar-refractivity contribution < 1.29 is 0 Å². The summed E-state index contributed by atoms with van der Waals surface area (Å²) in [5, 5.41) is 3.25. The first-order valence-electron chi connectivity index (χ1n) is 6.17. The highest BCUT2D eigenvalue weighted by Crippen LogP contribution is 2.24. The number of aromatic nitrogens is 2. The topological polar surface area (TPSA) is 56.0 Å². The Morgan fingerprint density at radius 3 is 2.60 bits per heavy atom. The third-order valence-electron chi connectivity index (χ3n) is 3.09. The first kappa shape index (κ1) is 14.5. The van der Waals surface area contributed by atoms with Crippen LogP contribution in [0.2, 0.25) is 0 Å². The third kappa shape index (κ3) is 2.80. The highest BCUT2D eigenvalue weighted by Gasteiger charge is 2.07. The van der Waals surface area contributed by atoms with E-state index in [0.717, 1.165) is 15.1 Å². The predicted octanol–water partition coefficient (Wildman–Crippen LogP) is 1.42. The average Bonchev–Trinajstić information content (AvgIpc) is 2.47. The molecule has 1 aromatic heterocycles. The standard InChI is InChI=1S/C14H17N3O2S/c1-16-9-10(13(18)17(2)14(16)19)8-15-11-6-4-5-7-12(11)20-3/h4-7,9,15H,8H2,1-3H3. The van der Waals surface area contributed by atoms with Gasteiger partial charge in [0.2, 0.25) is 0 Å². The Bertz CT molecular complexity index is 734. The van der Waals surface area contributed by atoms with E-state index in [1.165, 1.54) is 11.6 Å². The smallest absolute Gasteiger partial charge is 0.330 e. The van der Waals surface area contributed by atoms with Gasteiger partial charge in [-0.2, -0.15) is 0 Å². The zero-order valence-corrected chi connectivity index (χ0v) is 12.5. The van der Waals surface area contributed by atoms with Crippen molar-refractivity contribution in [1.29, 1.82) is 0 Å². The monoisotopic (exact) mass is 291 g/mol. The SMILES string of the molecule is CSc1ccccc1NCc1cn(C)c(=O)n(C)c1=O. The third-order valence-corrected chi connectivity index (χ3v) is 3.89. The molecule has 0 fully saturated rings. The summed E-state index contributed by atoms with van der Waals surface area (Å²) < 4.78 is 2.54. The van der Waals surface area contributed by atoms with Crippen LogP contribution < -0.4 is 16.6 Å². The van der Waals surface area contributed by atoms with Crippen molar-refractivity contribution in [3.63, 3.8) is 0 Å². The van der Waals surface area contributed by atoms with E-state index in [4.69, 9.17) is 0 Å². The van der Waals surface area contributed by atoms with Crippen LogP contribution >= 0.6 is 11.8 Å². The molecule has 5 nitrogen and oxygen atoms in total. The molecule has 106 valence electrons. The molecule has 0 spiro atoms. The number of para-hydroxylation sites is 1. The van der Waals surface area contributed by atoms with E-state index in [0.29, 0.717) is 12.1 Å². The number of nitrogens with one attached hydrogen (secondary N) is 1. The van der Waals surface area contributed by atoms with Crippen LogP contribution in [0.3, 0.4) is 0 Å². The van der Waals surface area contributed by atoms with E-state index >= 15 is 0 Å². The van der Waals surface area contributed by atoms with Gasteiger partial charge in [0.1, 0.15) is 0 Å². The molecule has 0 radical (unpaired) electrons. The van der Waals surface area contributed by atoms with Crippen LogP contribution in [0.15, 0.2) is 44.9 Å². The molecule has 1 N–H and O–H groups in total. The van der Waals surface area contributed by atoms with E-state index < -0.39 is 0 Å². The summed E-state index contributed by atoms with van der Waals surface area (Å²) in [6.45, 7) is 0.387. The summed E-state index contributed by atoms with van der Waals surface area (Å²) in [5.74, 6) is 0. The second kappa shape index (κ2) is 6.00. The Morgan fingerprint density at radius 1 is 1.20 bits per heavy atom. The summed E-state index contributed by atoms with van der Waals surface area (Å²) >= 11 is 1.64.